The fraction of sp³-hybridized carbons (Fsp3) is 0.394. The molecule has 2 aromatic carbocycles. The van der Waals surface area contributed by atoms with Crippen molar-refractivity contribution in [3.8, 4) is 0 Å². The van der Waals surface area contributed by atoms with Gasteiger partial charge in [0.15, 0.2) is 0 Å². The number of hydrogen-bond donors (Lipinski definition) is 1. The topological polar surface area (TPSA) is 59.9 Å². The molecule has 2 saturated heterocycles. The zero-order valence-corrected chi connectivity index (χ0v) is 22.9. The third-order valence-electron chi connectivity index (χ3n) is 9.41. The Kier molecular flexibility index (Phi) is 6.90. The number of hydrogen-bond acceptors (Lipinski definition) is 5. The van der Waals surface area contributed by atoms with Crippen LogP contribution in [-0.4, -0.2) is 59.1 Å². The first-order valence-electron chi connectivity index (χ1n) is 14.2. The van der Waals surface area contributed by atoms with E-state index >= 15 is 0 Å². The van der Waals surface area contributed by atoms with Gasteiger partial charge in [-0.25, -0.2) is 0 Å². The minimum absolute atomic E-state index is 0.206. The number of piperidine rings is 1. The molecule has 2 fully saturated rings. The van der Waals surface area contributed by atoms with Gasteiger partial charge in [-0.1, -0.05) is 36.9 Å². The highest BCUT2D eigenvalue weighted by atomic mass is 16.2. The second kappa shape index (κ2) is 10.5. The number of carbonyl (C=O) groups is 1. The highest BCUT2D eigenvalue weighted by Gasteiger charge is 2.42. The molecule has 7 rings (SSSR count). The molecule has 6 nitrogen and oxygen atoms in total. The van der Waals surface area contributed by atoms with Crippen LogP contribution >= 0.6 is 0 Å². The molecule has 202 valence electrons. The zero-order valence-electron chi connectivity index (χ0n) is 22.9. The molecule has 3 aromatic rings. The summed E-state index contributed by atoms with van der Waals surface area (Å²) in [5.74, 6) is 0.206. The monoisotopic (exact) mass is 522 g/mol. The number of aliphatic hydroxyl groups excluding tert-OH is 1. The lowest BCUT2D eigenvalue weighted by Crippen LogP contribution is -2.42. The maximum absolute atomic E-state index is 13.6. The van der Waals surface area contributed by atoms with Crippen LogP contribution in [-0.2, 0) is 13.0 Å². The highest BCUT2D eigenvalue weighted by molar-refractivity contribution is 5.95. The second-order valence-corrected chi connectivity index (χ2v) is 11.4. The zero-order chi connectivity index (χ0) is 27.0. The number of fused-ring (bicyclic) bond motifs is 2. The van der Waals surface area contributed by atoms with Crippen LogP contribution in [0, 0.1) is 5.41 Å². The number of aromatic nitrogens is 1. The standard InChI is InChI=1S/C32H34N4O.CH4O/c1-23-28-5-3-2-4-26(28)21-36(23)30-9-7-24-20-25(6-8-29(24)30)31(37)35-19-14-32(22-35)12-17-34(18-13-32)27-10-15-33-16-11-27;1-2/h2-6,8,10-11,15-16,20,30H,1,7,9,12-14,17-19,21-22H2;2H,1H3/t30-;/m1./s1. The third kappa shape index (κ3) is 4.61. The first-order valence-corrected chi connectivity index (χ1v) is 14.2. The van der Waals surface area contributed by atoms with E-state index in [1.807, 2.05) is 12.4 Å². The third-order valence-corrected chi connectivity index (χ3v) is 9.41. The molecule has 1 amide bonds. The van der Waals surface area contributed by atoms with Gasteiger partial charge in [0.25, 0.3) is 5.91 Å². The summed E-state index contributed by atoms with van der Waals surface area (Å²) in [5, 5.41) is 7.00. The van der Waals surface area contributed by atoms with Crippen LogP contribution in [0.2, 0.25) is 0 Å². The number of likely N-dealkylation sites (tertiary alicyclic amines) is 1. The van der Waals surface area contributed by atoms with Crippen LogP contribution in [0.15, 0.2) is 73.6 Å². The molecule has 0 bridgehead atoms. The van der Waals surface area contributed by atoms with Gasteiger partial charge in [-0.2, -0.15) is 0 Å². The van der Waals surface area contributed by atoms with E-state index in [9.17, 15) is 4.79 Å². The minimum atomic E-state index is 0.206. The predicted molar refractivity (Wildman–Crippen MR) is 155 cm³/mol. The lowest BCUT2D eigenvalue weighted by Gasteiger charge is -2.40. The van der Waals surface area contributed by atoms with Gasteiger partial charge in [0.2, 0.25) is 0 Å². The number of benzene rings is 2. The second-order valence-electron chi connectivity index (χ2n) is 11.4. The average Bonchev–Trinajstić information content (AvgIpc) is 3.70. The van der Waals surface area contributed by atoms with E-state index in [-0.39, 0.29) is 11.3 Å². The predicted octanol–water partition coefficient (Wildman–Crippen LogP) is 5.30. The largest absolute Gasteiger partial charge is 0.400 e. The van der Waals surface area contributed by atoms with Gasteiger partial charge in [-0.05, 0) is 78.5 Å². The van der Waals surface area contributed by atoms with Crippen molar-refractivity contribution in [2.45, 2.75) is 44.7 Å². The van der Waals surface area contributed by atoms with E-state index in [0.717, 1.165) is 83.2 Å². The van der Waals surface area contributed by atoms with Crippen molar-refractivity contribution in [3.05, 3.63) is 101 Å². The molecule has 1 aliphatic carbocycles. The van der Waals surface area contributed by atoms with Crippen LogP contribution in [0.25, 0.3) is 5.70 Å². The van der Waals surface area contributed by atoms with Gasteiger partial charge in [0.1, 0.15) is 0 Å². The average molecular weight is 523 g/mol. The van der Waals surface area contributed by atoms with Crippen molar-refractivity contribution in [2.75, 3.05) is 38.2 Å². The lowest BCUT2D eigenvalue weighted by molar-refractivity contribution is 0.0764. The number of amides is 1. The Hall–Kier alpha value is -3.64. The molecule has 6 heteroatoms. The van der Waals surface area contributed by atoms with Gasteiger partial charge in [-0.15, -0.1) is 0 Å². The number of aryl methyl sites for hydroxylation is 1. The van der Waals surface area contributed by atoms with E-state index in [0.29, 0.717) is 6.04 Å². The molecule has 1 spiro atoms. The normalized spacial score (nSPS) is 21.0. The maximum atomic E-state index is 13.6. The molecule has 1 N–H and O–H groups in total. The number of carbonyl (C=O) groups excluding carboxylic acids is 1. The summed E-state index contributed by atoms with van der Waals surface area (Å²) in [6, 6.07) is 19.6. The molecule has 0 radical (unpaired) electrons. The van der Waals surface area contributed by atoms with Crippen LogP contribution in [0.1, 0.15) is 64.3 Å². The summed E-state index contributed by atoms with van der Waals surface area (Å²) in [7, 11) is 1.00. The van der Waals surface area contributed by atoms with Gasteiger partial charge < -0.3 is 19.8 Å². The Morgan fingerprint density at radius 3 is 2.49 bits per heavy atom. The highest BCUT2D eigenvalue weighted by Crippen LogP contribution is 2.45. The lowest BCUT2D eigenvalue weighted by atomic mass is 9.77. The molecule has 0 unspecified atom stereocenters. The smallest absolute Gasteiger partial charge is 0.253 e. The van der Waals surface area contributed by atoms with E-state index in [2.05, 4.69) is 80.9 Å². The van der Waals surface area contributed by atoms with Crippen LogP contribution < -0.4 is 4.90 Å². The summed E-state index contributed by atoms with van der Waals surface area (Å²) in [4.78, 5) is 24.8. The summed E-state index contributed by atoms with van der Waals surface area (Å²) in [6.45, 7) is 9.21. The first-order chi connectivity index (χ1) is 19.1. The van der Waals surface area contributed by atoms with E-state index in [1.165, 1.54) is 27.9 Å². The van der Waals surface area contributed by atoms with Gasteiger partial charge in [0.05, 0.1) is 6.04 Å². The van der Waals surface area contributed by atoms with Crippen LogP contribution in [0.4, 0.5) is 5.69 Å². The SMILES string of the molecule is C=C1c2ccccc2CN1[C@@H]1CCc2cc(C(=O)N3CCC4(CCN(c5ccncc5)CC4)C3)ccc21.CO. The van der Waals surface area contributed by atoms with Crippen molar-refractivity contribution in [2.24, 2.45) is 5.41 Å². The molecule has 39 heavy (non-hydrogen) atoms. The molecule has 4 heterocycles. The first kappa shape index (κ1) is 25.6. The molecule has 0 saturated carbocycles. The number of rotatable bonds is 3. The van der Waals surface area contributed by atoms with Crippen molar-refractivity contribution >= 4 is 17.3 Å². The number of anilines is 1. The Morgan fingerprint density at radius 1 is 0.974 bits per heavy atom. The molecule has 3 aliphatic heterocycles. The quantitative estimate of drug-likeness (QED) is 0.506. The van der Waals surface area contributed by atoms with Gasteiger partial charge in [-0.3, -0.25) is 9.78 Å². The van der Waals surface area contributed by atoms with E-state index in [4.69, 9.17) is 5.11 Å². The number of pyridine rings is 1. The summed E-state index contributed by atoms with van der Waals surface area (Å²) in [5.41, 5.74) is 8.85. The van der Waals surface area contributed by atoms with E-state index < -0.39 is 0 Å². The van der Waals surface area contributed by atoms with Crippen molar-refractivity contribution in [1.82, 2.24) is 14.8 Å². The molecule has 4 aliphatic rings. The molecular weight excluding hydrogens is 484 g/mol. The van der Waals surface area contributed by atoms with Crippen molar-refractivity contribution in [1.29, 1.82) is 0 Å². The Bertz CT molecular complexity index is 1360. The minimum Gasteiger partial charge on any atom is -0.400 e. The fourth-order valence-electron chi connectivity index (χ4n) is 7.22. The summed E-state index contributed by atoms with van der Waals surface area (Å²) >= 11 is 0. The maximum Gasteiger partial charge on any atom is 0.253 e. The Morgan fingerprint density at radius 2 is 1.72 bits per heavy atom. The Balaban J connectivity index is 0.00000135. The fourth-order valence-corrected chi connectivity index (χ4v) is 7.22. The van der Waals surface area contributed by atoms with Crippen molar-refractivity contribution in [3.63, 3.8) is 0 Å². The van der Waals surface area contributed by atoms with Crippen LogP contribution in [0.3, 0.4) is 0 Å². The Labute approximate surface area is 231 Å². The summed E-state index contributed by atoms with van der Waals surface area (Å²) in [6.07, 6.45) is 9.26. The molecular formula is C33H38N4O2. The molecule has 1 atom stereocenters. The number of nitrogens with zero attached hydrogens (tertiary/aromatic N) is 4. The van der Waals surface area contributed by atoms with Gasteiger partial charge in [0, 0.05) is 74.7 Å². The molecule has 1 aromatic heterocycles. The van der Waals surface area contributed by atoms with E-state index in [1.54, 1.807) is 0 Å². The van der Waals surface area contributed by atoms with Gasteiger partial charge >= 0.3 is 0 Å². The number of aliphatic hydroxyl groups is 1. The van der Waals surface area contributed by atoms with Crippen molar-refractivity contribution < 1.29 is 9.90 Å². The summed E-state index contributed by atoms with van der Waals surface area (Å²) < 4.78 is 0. The van der Waals surface area contributed by atoms with Crippen LogP contribution in [0.5, 0.6) is 0 Å².